The second kappa shape index (κ2) is 10.1. The topological polar surface area (TPSA) is 104 Å². The Morgan fingerprint density at radius 3 is 2.56 bits per heavy atom. The molecule has 0 radical (unpaired) electrons. The highest BCUT2D eigenvalue weighted by Crippen LogP contribution is 2.49. The van der Waals surface area contributed by atoms with Gasteiger partial charge in [0.15, 0.2) is 0 Å². The SMILES string of the molecule is CC(C)(CF)c1cc(Nc2nc(Nc3ccc4c(c3)CCNC43CC3)ncc2C(=O)NCC(F)(F)F)ccn1. The number of carbonyl (C=O) groups is 1. The predicted octanol–water partition coefficient (Wildman–Crippen LogP) is 5.03. The largest absolute Gasteiger partial charge is 0.405 e. The second-order valence-corrected chi connectivity index (χ2v) is 10.6. The Morgan fingerprint density at radius 1 is 1.08 bits per heavy atom. The first-order valence-corrected chi connectivity index (χ1v) is 12.7. The molecule has 0 atom stereocenters. The number of pyridine rings is 1. The molecule has 2 aromatic heterocycles. The highest BCUT2D eigenvalue weighted by molar-refractivity contribution is 5.99. The number of nitrogens with one attached hydrogen (secondary N) is 4. The minimum Gasteiger partial charge on any atom is -0.343 e. The van der Waals surface area contributed by atoms with Crippen LogP contribution in [-0.4, -0.2) is 46.8 Å². The standard InChI is InChI=1S/C27H29F4N7O/c1-25(2,14-28)21-12-18(6-9-32-21)36-22-19(23(39)34-15-27(29,30)31)13-33-24(38-22)37-17-3-4-20-16(11-17)5-10-35-26(20)7-8-26/h3-4,6,9,11-13,35H,5,7-8,10,14-15H2,1-2H3,(H,34,39)(H2,32,33,36,37,38). The number of fused-ring (bicyclic) bond motifs is 2. The van der Waals surface area contributed by atoms with Crippen LogP contribution in [0.15, 0.2) is 42.7 Å². The van der Waals surface area contributed by atoms with Gasteiger partial charge in [0.05, 0.1) is 5.69 Å². The molecule has 3 heterocycles. The van der Waals surface area contributed by atoms with E-state index in [4.69, 9.17) is 0 Å². The van der Waals surface area contributed by atoms with Gasteiger partial charge >= 0.3 is 6.18 Å². The van der Waals surface area contributed by atoms with Gasteiger partial charge in [0, 0.05) is 41.3 Å². The van der Waals surface area contributed by atoms with Crippen LogP contribution >= 0.6 is 0 Å². The van der Waals surface area contributed by atoms with Crippen molar-refractivity contribution in [1.82, 2.24) is 25.6 Å². The number of amides is 1. The van der Waals surface area contributed by atoms with Gasteiger partial charge in [-0.1, -0.05) is 19.9 Å². The van der Waals surface area contributed by atoms with Crippen LogP contribution in [0.2, 0.25) is 0 Å². The van der Waals surface area contributed by atoms with Crippen molar-refractivity contribution in [1.29, 1.82) is 0 Å². The molecule has 39 heavy (non-hydrogen) atoms. The number of nitrogens with zero attached hydrogens (tertiary/aromatic N) is 3. The smallest absolute Gasteiger partial charge is 0.343 e. The molecule has 8 nitrogen and oxygen atoms in total. The first kappa shape index (κ1) is 26.8. The third kappa shape index (κ3) is 5.95. The average Bonchev–Trinajstić information content (AvgIpc) is 3.67. The number of halogens is 4. The van der Waals surface area contributed by atoms with Crippen molar-refractivity contribution in [3.05, 3.63) is 65.1 Å². The Balaban J connectivity index is 1.44. The van der Waals surface area contributed by atoms with E-state index in [1.807, 2.05) is 17.4 Å². The van der Waals surface area contributed by atoms with E-state index >= 15 is 0 Å². The van der Waals surface area contributed by atoms with Crippen LogP contribution in [-0.2, 0) is 17.4 Å². The summed E-state index contributed by atoms with van der Waals surface area (Å²) in [6.07, 6.45) is 1.18. The summed E-state index contributed by atoms with van der Waals surface area (Å²) >= 11 is 0. The molecule has 1 aliphatic carbocycles. The third-order valence-electron chi connectivity index (χ3n) is 7.02. The lowest BCUT2D eigenvalue weighted by Crippen LogP contribution is -2.36. The maximum atomic E-state index is 13.5. The highest BCUT2D eigenvalue weighted by atomic mass is 19.4. The van der Waals surface area contributed by atoms with E-state index in [0.29, 0.717) is 11.4 Å². The molecule has 1 spiro atoms. The van der Waals surface area contributed by atoms with E-state index in [-0.39, 0.29) is 22.9 Å². The molecule has 206 valence electrons. The van der Waals surface area contributed by atoms with Gasteiger partial charge in [-0.3, -0.25) is 14.2 Å². The molecule has 0 saturated heterocycles. The highest BCUT2D eigenvalue weighted by Gasteiger charge is 2.46. The predicted molar refractivity (Wildman–Crippen MR) is 139 cm³/mol. The number of hydrogen-bond acceptors (Lipinski definition) is 7. The van der Waals surface area contributed by atoms with Crippen molar-refractivity contribution in [2.24, 2.45) is 0 Å². The molecule has 3 aromatic rings. The molecule has 1 saturated carbocycles. The minimum absolute atomic E-state index is 0.0125. The monoisotopic (exact) mass is 543 g/mol. The van der Waals surface area contributed by atoms with Crippen molar-refractivity contribution in [3.63, 3.8) is 0 Å². The van der Waals surface area contributed by atoms with E-state index in [1.165, 1.54) is 23.5 Å². The van der Waals surface area contributed by atoms with E-state index in [2.05, 4.69) is 37.0 Å². The summed E-state index contributed by atoms with van der Waals surface area (Å²) < 4.78 is 51.7. The van der Waals surface area contributed by atoms with Crippen LogP contribution in [0.25, 0.3) is 0 Å². The molecule has 5 rings (SSSR count). The number of benzene rings is 1. The quantitative estimate of drug-likeness (QED) is 0.296. The first-order valence-electron chi connectivity index (χ1n) is 12.7. The molecule has 4 N–H and O–H groups in total. The van der Waals surface area contributed by atoms with E-state index in [0.717, 1.165) is 31.5 Å². The molecule has 1 aromatic carbocycles. The fraction of sp³-hybridized carbons (Fsp3) is 0.407. The Hall–Kier alpha value is -3.80. The lowest BCUT2D eigenvalue weighted by Gasteiger charge is -2.27. The Kier molecular flexibility index (Phi) is 6.91. The maximum Gasteiger partial charge on any atom is 0.405 e. The van der Waals surface area contributed by atoms with E-state index in [1.54, 1.807) is 26.0 Å². The first-order chi connectivity index (χ1) is 18.5. The molecule has 1 aliphatic heterocycles. The van der Waals surface area contributed by atoms with Crippen LogP contribution in [0, 0.1) is 0 Å². The van der Waals surface area contributed by atoms with Gasteiger partial charge in [0.25, 0.3) is 5.91 Å². The van der Waals surface area contributed by atoms with Gasteiger partial charge in [-0.25, -0.2) is 4.98 Å². The minimum atomic E-state index is -4.58. The van der Waals surface area contributed by atoms with Gasteiger partial charge in [0.2, 0.25) is 5.95 Å². The van der Waals surface area contributed by atoms with Gasteiger partial charge in [-0.05, 0) is 54.7 Å². The Labute approximate surface area is 223 Å². The summed E-state index contributed by atoms with van der Waals surface area (Å²) in [5.41, 5.74) is 3.23. The van der Waals surface area contributed by atoms with Crippen molar-refractivity contribution < 1.29 is 22.4 Å². The van der Waals surface area contributed by atoms with Crippen LogP contribution in [0.5, 0.6) is 0 Å². The van der Waals surface area contributed by atoms with Crippen molar-refractivity contribution in [2.45, 2.75) is 50.2 Å². The molecule has 12 heteroatoms. The van der Waals surface area contributed by atoms with Crippen molar-refractivity contribution in [2.75, 3.05) is 30.4 Å². The maximum absolute atomic E-state index is 13.5. The molecular weight excluding hydrogens is 514 g/mol. The van der Waals surface area contributed by atoms with Crippen molar-refractivity contribution in [3.8, 4) is 0 Å². The summed E-state index contributed by atoms with van der Waals surface area (Å²) in [5, 5.41) is 11.6. The average molecular weight is 544 g/mol. The summed E-state index contributed by atoms with van der Waals surface area (Å²) in [5.74, 6) is -0.851. The number of rotatable bonds is 8. The number of anilines is 4. The molecular formula is C27H29F4N7O. The number of hydrogen-bond donors (Lipinski definition) is 4. The van der Waals surface area contributed by atoms with E-state index < -0.39 is 30.7 Å². The van der Waals surface area contributed by atoms with Crippen LogP contribution in [0.3, 0.4) is 0 Å². The summed E-state index contributed by atoms with van der Waals surface area (Å²) in [7, 11) is 0. The van der Waals surface area contributed by atoms with Crippen LogP contribution < -0.4 is 21.3 Å². The Bertz CT molecular complexity index is 1390. The van der Waals surface area contributed by atoms with Gasteiger partial charge in [-0.2, -0.15) is 18.2 Å². The number of carbonyl (C=O) groups excluding carboxylic acids is 1. The van der Waals surface area contributed by atoms with Gasteiger partial charge < -0.3 is 21.3 Å². The summed E-state index contributed by atoms with van der Waals surface area (Å²) in [6, 6.07) is 9.26. The van der Waals surface area contributed by atoms with Gasteiger partial charge in [0.1, 0.15) is 24.6 Å². The van der Waals surface area contributed by atoms with Crippen LogP contribution in [0.1, 0.15) is 53.9 Å². The third-order valence-corrected chi connectivity index (χ3v) is 7.02. The normalized spacial score (nSPS) is 15.9. The number of aromatic nitrogens is 3. The molecule has 0 bridgehead atoms. The zero-order valence-corrected chi connectivity index (χ0v) is 21.5. The fourth-order valence-electron chi connectivity index (χ4n) is 4.64. The summed E-state index contributed by atoms with van der Waals surface area (Å²) in [6.45, 7) is 2.15. The lowest BCUT2D eigenvalue weighted by molar-refractivity contribution is -0.123. The fourth-order valence-corrected chi connectivity index (χ4v) is 4.64. The molecule has 1 amide bonds. The zero-order valence-electron chi connectivity index (χ0n) is 21.5. The zero-order chi connectivity index (χ0) is 27.8. The summed E-state index contributed by atoms with van der Waals surface area (Å²) in [4.78, 5) is 25.5. The lowest BCUT2D eigenvalue weighted by atomic mass is 9.90. The molecule has 1 fully saturated rings. The van der Waals surface area contributed by atoms with Crippen molar-refractivity contribution >= 4 is 29.0 Å². The van der Waals surface area contributed by atoms with Gasteiger partial charge in [-0.15, -0.1) is 0 Å². The second-order valence-electron chi connectivity index (χ2n) is 10.6. The van der Waals surface area contributed by atoms with Crippen LogP contribution in [0.4, 0.5) is 40.7 Å². The molecule has 2 aliphatic rings. The molecule has 0 unspecified atom stereocenters. The Morgan fingerprint density at radius 2 is 1.85 bits per heavy atom. The number of alkyl halides is 4. The van der Waals surface area contributed by atoms with E-state index in [9.17, 15) is 22.4 Å².